The fraction of sp³-hybridized carbons (Fsp3) is 0.220. The largest absolute Gasteiger partial charge is 0.492 e. The average Bonchev–Trinajstić information content (AvgIpc) is 3.19. The lowest BCUT2D eigenvalue weighted by atomic mass is 9.92. The molecule has 0 spiro atoms. The Morgan fingerprint density at radius 2 is 1.65 bits per heavy atom. The summed E-state index contributed by atoms with van der Waals surface area (Å²) in [7, 11) is -8.61. The zero-order chi connectivity index (χ0) is 38.2. The number of halogens is 1. The number of rotatable bonds is 10. The number of carbonyl (C=O) groups is 1. The van der Waals surface area contributed by atoms with E-state index in [0.29, 0.717) is 16.8 Å². The van der Waals surface area contributed by atoms with Crippen LogP contribution in [0.25, 0.3) is 11.1 Å². The number of nitrogens with one attached hydrogen (secondary N) is 1. The molecule has 1 N–H and O–H groups in total. The SMILES string of the molecule is O=C(NS(=O)(=O)c1ccc2c(c1)S(=O)(=O)N=CN2CCOc1ccccc1)c1ccc2c(c1)CC[C@H]1CN(Cc3ccccc3-c3ccc(Cl)cc3)CCN21. The van der Waals surface area contributed by atoms with Gasteiger partial charge in [-0.25, -0.2) is 13.1 Å². The Balaban J connectivity index is 0.923. The molecule has 0 unspecified atom stereocenters. The van der Waals surface area contributed by atoms with Gasteiger partial charge in [0.05, 0.1) is 17.1 Å². The Hall–Kier alpha value is -5.21. The number of para-hydroxylation sites is 1. The maximum Gasteiger partial charge on any atom is 0.285 e. The lowest BCUT2D eigenvalue weighted by molar-refractivity contribution is 0.0981. The molecule has 0 aliphatic carbocycles. The normalized spacial score (nSPS) is 17.5. The van der Waals surface area contributed by atoms with Crippen molar-refractivity contribution >= 4 is 55.3 Å². The number of sulfonamides is 2. The summed E-state index contributed by atoms with van der Waals surface area (Å²) in [6.45, 7) is 3.91. The Morgan fingerprint density at radius 1 is 0.891 bits per heavy atom. The van der Waals surface area contributed by atoms with E-state index < -0.39 is 26.0 Å². The molecular formula is C41H38ClN5O6S2. The third kappa shape index (κ3) is 7.83. The second-order valence-corrected chi connectivity index (χ2v) is 17.5. The molecule has 1 saturated heterocycles. The first-order chi connectivity index (χ1) is 26.5. The Bertz CT molecular complexity index is 2500. The van der Waals surface area contributed by atoms with Crippen LogP contribution in [0.5, 0.6) is 5.75 Å². The van der Waals surface area contributed by atoms with Crippen molar-refractivity contribution in [2.45, 2.75) is 35.2 Å². The van der Waals surface area contributed by atoms with Gasteiger partial charge < -0.3 is 14.5 Å². The number of fused-ring (bicyclic) bond motifs is 4. The summed E-state index contributed by atoms with van der Waals surface area (Å²) in [6.07, 6.45) is 2.83. The predicted octanol–water partition coefficient (Wildman–Crippen LogP) is 6.38. The van der Waals surface area contributed by atoms with Crippen LogP contribution in [-0.2, 0) is 33.0 Å². The fourth-order valence-electron chi connectivity index (χ4n) is 7.51. The third-order valence-electron chi connectivity index (χ3n) is 10.3. The number of anilines is 2. The number of amides is 1. The molecular weight excluding hydrogens is 758 g/mol. The molecule has 3 heterocycles. The van der Waals surface area contributed by atoms with Crippen molar-refractivity contribution in [3.63, 3.8) is 0 Å². The van der Waals surface area contributed by atoms with Crippen molar-refractivity contribution in [2.24, 2.45) is 4.40 Å². The van der Waals surface area contributed by atoms with Gasteiger partial charge in [-0.3, -0.25) is 9.69 Å². The van der Waals surface area contributed by atoms with Gasteiger partial charge in [0.2, 0.25) is 0 Å². The van der Waals surface area contributed by atoms with Crippen LogP contribution in [-0.4, -0.2) is 72.8 Å². The van der Waals surface area contributed by atoms with Gasteiger partial charge in [-0.05, 0) is 95.8 Å². The van der Waals surface area contributed by atoms with Crippen LogP contribution < -0.4 is 19.3 Å². The number of benzene rings is 5. The molecule has 11 nitrogen and oxygen atoms in total. The molecule has 3 aliphatic rings. The van der Waals surface area contributed by atoms with Crippen LogP contribution in [0, 0.1) is 0 Å². The average molecular weight is 796 g/mol. The van der Waals surface area contributed by atoms with Gasteiger partial charge in [-0.1, -0.05) is 66.2 Å². The number of hydrogen-bond donors (Lipinski definition) is 1. The summed E-state index contributed by atoms with van der Waals surface area (Å²) in [6, 6.07) is 34.9. The fourth-order valence-corrected chi connectivity index (χ4v) is 9.78. The molecule has 0 radical (unpaired) electrons. The van der Waals surface area contributed by atoms with Gasteiger partial charge in [0.25, 0.3) is 26.0 Å². The zero-order valence-electron chi connectivity index (χ0n) is 29.7. The van der Waals surface area contributed by atoms with Gasteiger partial charge in [0, 0.05) is 48.5 Å². The molecule has 5 aromatic carbocycles. The smallest absolute Gasteiger partial charge is 0.285 e. The third-order valence-corrected chi connectivity index (χ3v) is 13.1. The number of carbonyl (C=O) groups excluding carboxylic acids is 1. The highest BCUT2D eigenvalue weighted by atomic mass is 35.5. The summed E-state index contributed by atoms with van der Waals surface area (Å²) in [5.41, 5.74) is 6.09. The van der Waals surface area contributed by atoms with E-state index in [4.69, 9.17) is 16.3 Å². The number of hydrogen-bond acceptors (Lipinski definition) is 9. The van der Waals surface area contributed by atoms with Gasteiger partial charge in [-0.15, -0.1) is 4.40 Å². The highest BCUT2D eigenvalue weighted by molar-refractivity contribution is 7.91. The van der Waals surface area contributed by atoms with Crippen molar-refractivity contribution in [1.82, 2.24) is 9.62 Å². The highest BCUT2D eigenvalue weighted by Gasteiger charge is 2.33. The van der Waals surface area contributed by atoms with Crippen molar-refractivity contribution < 1.29 is 26.4 Å². The van der Waals surface area contributed by atoms with Gasteiger partial charge >= 0.3 is 0 Å². The van der Waals surface area contributed by atoms with E-state index in [9.17, 15) is 21.6 Å². The van der Waals surface area contributed by atoms with Crippen molar-refractivity contribution in [3.8, 4) is 16.9 Å². The quantitative estimate of drug-likeness (QED) is 0.171. The van der Waals surface area contributed by atoms with Crippen molar-refractivity contribution in [3.05, 3.63) is 137 Å². The van der Waals surface area contributed by atoms with E-state index in [1.165, 1.54) is 29.6 Å². The molecule has 1 amide bonds. The minimum atomic E-state index is -4.44. The summed E-state index contributed by atoms with van der Waals surface area (Å²) in [4.78, 5) is 19.2. The van der Waals surface area contributed by atoms with E-state index in [0.717, 1.165) is 61.9 Å². The molecule has 55 heavy (non-hydrogen) atoms. The van der Waals surface area contributed by atoms with Crippen LogP contribution >= 0.6 is 11.6 Å². The molecule has 1 atom stereocenters. The molecule has 0 bridgehead atoms. The number of aryl methyl sites for hydroxylation is 1. The lowest BCUT2D eigenvalue weighted by Crippen LogP contribution is -2.54. The minimum Gasteiger partial charge on any atom is -0.492 e. The van der Waals surface area contributed by atoms with E-state index in [1.54, 1.807) is 17.0 Å². The topological polar surface area (TPSA) is 129 Å². The van der Waals surface area contributed by atoms with Crippen LogP contribution in [0.4, 0.5) is 11.4 Å². The zero-order valence-corrected chi connectivity index (χ0v) is 32.1. The van der Waals surface area contributed by atoms with Gasteiger partial charge in [0.15, 0.2) is 0 Å². The molecule has 0 saturated carbocycles. The van der Waals surface area contributed by atoms with Crippen molar-refractivity contribution in [2.75, 3.05) is 42.6 Å². The lowest BCUT2D eigenvalue weighted by Gasteiger charge is -2.46. The van der Waals surface area contributed by atoms with Crippen LogP contribution in [0.3, 0.4) is 0 Å². The monoisotopic (exact) mass is 795 g/mol. The molecule has 5 aromatic rings. The molecule has 3 aliphatic heterocycles. The summed E-state index contributed by atoms with van der Waals surface area (Å²) in [5.74, 6) is -0.139. The number of nitrogens with zero attached hydrogens (tertiary/aromatic N) is 4. The second kappa shape index (κ2) is 15.1. The molecule has 282 valence electrons. The minimum absolute atomic E-state index is 0.206. The van der Waals surface area contributed by atoms with Crippen LogP contribution in [0.15, 0.2) is 129 Å². The predicted molar refractivity (Wildman–Crippen MR) is 214 cm³/mol. The Kier molecular flexibility index (Phi) is 10.1. The molecule has 8 rings (SSSR count). The molecule has 0 aromatic heterocycles. The Morgan fingerprint density at radius 3 is 2.47 bits per heavy atom. The standard InChI is InChI=1S/C41H38ClN5O6S2/c42-33-14-10-29(11-15-33)37-9-5-4-6-32(37)26-45-20-21-47-34(27-45)16-12-30-24-31(13-18-38(30)47)41(48)44-54(49,50)36-17-19-39-40(25-36)55(51,52)43-28-46(39)22-23-53-35-7-2-1-3-8-35/h1-11,13-15,17-19,24-25,28,34H,12,16,20-23,26-27H2,(H,44,48)/t34-/m0/s1. The maximum absolute atomic E-state index is 13.5. The first-order valence-corrected chi connectivity index (χ1v) is 21.3. The van der Waals surface area contributed by atoms with Crippen molar-refractivity contribution in [1.29, 1.82) is 0 Å². The van der Waals surface area contributed by atoms with Crippen LogP contribution in [0.2, 0.25) is 5.02 Å². The molecule has 14 heteroatoms. The number of ether oxygens (including phenoxy) is 1. The highest BCUT2D eigenvalue weighted by Crippen LogP contribution is 2.35. The van der Waals surface area contributed by atoms with E-state index in [2.05, 4.69) is 55.3 Å². The summed E-state index contributed by atoms with van der Waals surface area (Å²) in [5, 5.41) is 0.711. The first kappa shape index (κ1) is 36.8. The summed E-state index contributed by atoms with van der Waals surface area (Å²) >= 11 is 6.14. The van der Waals surface area contributed by atoms with Crippen LogP contribution in [0.1, 0.15) is 27.9 Å². The number of piperazine rings is 1. The van der Waals surface area contributed by atoms with E-state index in [-0.39, 0.29) is 34.2 Å². The summed E-state index contributed by atoms with van der Waals surface area (Å²) < 4.78 is 64.3. The van der Waals surface area contributed by atoms with Gasteiger partial charge in [0.1, 0.15) is 23.6 Å². The Labute approximate surface area is 325 Å². The molecule has 1 fully saturated rings. The van der Waals surface area contributed by atoms with E-state index >= 15 is 0 Å². The van der Waals surface area contributed by atoms with Gasteiger partial charge in [-0.2, -0.15) is 8.42 Å². The maximum atomic E-state index is 13.5. The van der Waals surface area contributed by atoms with E-state index in [1.807, 2.05) is 48.5 Å². The first-order valence-electron chi connectivity index (χ1n) is 18.0. The second-order valence-electron chi connectivity index (χ2n) is 13.7.